The predicted octanol–water partition coefficient (Wildman–Crippen LogP) is 3.84. The monoisotopic (exact) mass is 545 g/mol. The largest absolute Gasteiger partial charge is 0.395 e. The van der Waals surface area contributed by atoms with E-state index in [1.165, 1.54) is 0 Å². The summed E-state index contributed by atoms with van der Waals surface area (Å²) in [6.07, 6.45) is 1.86. The molecule has 214 valence electrons. The Balaban J connectivity index is 1.72. The summed E-state index contributed by atoms with van der Waals surface area (Å²) in [6.45, 7) is 5.53. The first-order valence-corrected chi connectivity index (χ1v) is 14.3. The highest BCUT2D eigenvalue weighted by Gasteiger charge is 2.24. The van der Waals surface area contributed by atoms with Crippen molar-refractivity contribution in [1.29, 1.82) is 0 Å². The van der Waals surface area contributed by atoms with Crippen molar-refractivity contribution in [1.82, 2.24) is 15.5 Å². The molecule has 0 fully saturated rings. The molecule has 4 N–H and O–H groups in total. The normalized spacial score (nSPS) is 13.3. The van der Waals surface area contributed by atoms with Crippen LogP contribution in [0.4, 0.5) is 0 Å². The molecule has 3 rings (SSSR count). The van der Waals surface area contributed by atoms with Crippen LogP contribution in [-0.2, 0) is 12.8 Å². The molecular weight excluding hydrogens is 502 g/mol. The zero-order valence-corrected chi connectivity index (χ0v) is 23.6. The van der Waals surface area contributed by atoms with Crippen LogP contribution < -0.4 is 10.6 Å². The number of nitrogens with zero attached hydrogens (tertiary/aromatic N) is 1. The maximum absolute atomic E-state index is 13.4. The van der Waals surface area contributed by atoms with Crippen molar-refractivity contribution in [2.75, 3.05) is 26.2 Å². The van der Waals surface area contributed by atoms with Crippen LogP contribution in [0.3, 0.4) is 0 Å². The number of hydrogen-bond acceptors (Lipinski definition) is 5. The summed E-state index contributed by atoms with van der Waals surface area (Å²) in [7, 11) is 0. The van der Waals surface area contributed by atoms with Crippen LogP contribution in [0.2, 0.25) is 0 Å². The SMILES string of the molecule is CCCN(CCC)C(=O)c1cccc(C(=O)N[C@@H](Cc2ccccc2)[C@H](O)CN[C@@H](CO)Cc2ccccc2)c1. The Morgan fingerprint density at radius 1 is 0.800 bits per heavy atom. The van der Waals surface area contributed by atoms with Gasteiger partial charge in [0.2, 0.25) is 0 Å². The molecule has 0 heterocycles. The molecule has 0 spiro atoms. The average Bonchev–Trinajstić information content (AvgIpc) is 2.99. The van der Waals surface area contributed by atoms with Crippen LogP contribution in [0.1, 0.15) is 58.5 Å². The third-order valence-corrected chi connectivity index (χ3v) is 6.89. The van der Waals surface area contributed by atoms with Gasteiger partial charge >= 0.3 is 0 Å². The smallest absolute Gasteiger partial charge is 0.253 e. The lowest BCUT2D eigenvalue weighted by Gasteiger charge is -2.27. The molecule has 3 aromatic rings. The molecule has 0 aliphatic heterocycles. The van der Waals surface area contributed by atoms with Crippen LogP contribution in [0.5, 0.6) is 0 Å². The lowest BCUT2D eigenvalue weighted by Crippen LogP contribution is -2.50. The van der Waals surface area contributed by atoms with Crippen molar-refractivity contribution in [2.24, 2.45) is 0 Å². The topological polar surface area (TPSA) is 102 Å². The third-order valence-electron chi connectivity index (χ3n) is 6.89. The first-order valence-electron chi connectivity index (χ1n) is 14.3. The predicted molar refractivity (Wildman–Crippen MR) is 159 cm³/mol. The summed E-state index contributed by atoms with van der Waals surface area (Å²) >= 11 is 0. The molecule has 0 aromatic heterocycles. The summed E-state index contributed by atoms with van der Waals surface area (Å²) in [5.74, 6) is -0.438. The maximum Gasteiger partial charge on any atom is 0.253 e. The molecule has 0 saturated heterocycles. The van der Waals surface area contributed by atoms with Gasteiger partial charge in [0.1, 0.15) is 0 Å². The molecular formula is C33H43N3O4. The number of rotatable bonds is 16. The minimum Gasteiger partial charge on any atom is -0.395 e. The Bertz CT molecular complexity index is 1170. The molecule has 7 heteroatoms. The standard InChI is InChI=1S/C33H43N3O4/c1-3-18-36(19-4-2)33(40)28-17-11-16-27(22-28)32(39)35-30(21-26-14-9-6-10-15-26)31(38)23-34-29(24-37)20-25-12-7-5-8-13-25/h5-17,22,29-31,34,37-38H,3-4,18-21,23-24H2,1-2H3,(H,35,39)/t29-,30+,31-/m1/s1. The zero-order valence-electron chi connectivity index (χ0n) is 23.6. The van der Waals surface area contributed by atoms with Gasteiger partial charge in [0.15, 0.2) is 0 Å². The van der Waals surface area contributed by atoms with Gasteiger partial charge < -0.3 is 25.7 Å². The van der Waals surface area contributed by atoms with Crippen LogP contribution in [0.15, 0.2) is 84.9 Å². The first kappa shape index (κ1) is 31.0. The van der Waals surface area contributed by atoms with E-state index in [2.05, 4.69) is 10.6 Å². The van der Waals surface area contributed by atoms with Crippen LogP contribution in [-0.4, -0.2) is 71.4 Å². The molecule has 0 radical (unpaired) electrons. The number of amides is 2. The van der Waals surface area contributed by atoms with Crippen molar-refractivity contribution in [3.8, 4) is 0 Å². The Hall–Kier alpha value is -3.52. The number of nitrogens with one attached hydrogen (secondary N) is 2. The van der Waals surface area contributed by atoms with E-state index >= 15 is 0 Å². The number of aliphatic hydroxyl groups is 2. The van der Waals surface area contributed by atoms with Crippen LogP contribution in [0.25, 0.3) is 0 Å². The van der Waals surface area contributed by atoms with Gasteiger partial charge in [-0.05, 0) is 55.0 Å². The molecule has 3 atom stereocenters. The fourth-order valence-corrected chi connectivity index (χ4v) is 4.76. The molecule has 3 aromatic carbocycles. The number of carbonyl (C=O) groups is 2. The average molecular weight is 546 g/mol. The van der Waals surface area contributed by atoms with Gasteiger partial charge in [-0.25, -0.2) is 0 Å². The number of benzene rings is 3. The molecule has 0 unspecified atom stereocenters. The second kappa shape index (κ2) is 16.6. The Kier molecular flexibility index (Phi) is 12.8. The van der Waals surface area contributed by atoms with Gasteiger partial charge in [-0.3, -0.25) is 9.59 Å². The van der Waals surface area contributed by atoms with E-state index in [4.69, 9.17) is 0 Å². The van der Waals surface area contributed by atoms with E-state index < -0.39 is 12.1 Å². The van der Waals surface area contributed by atoms with E-state index in [0.717, 1.165) is 24.0 Å². The van der Waals surface area contributed by atoms with Crippen molar-refractivity contribution < 1.29 is 19.8 Å². The molecule has 2 amide bonds. The Labute approximate surface area is 238 Å². The van der Waals surface area contributed by atoms with E-state index in [9.17, 15) is 19.8 Å². The van der Waals surface area contributed by atoms with Gasteiger partial charge in [0.25, 0.3) is 11.8 Å². The summed E-state index contributed by atoms with van der Waals surface area (Å²) in [6, 6.07) is 25.5. The van der Waals surface area contributed by atoms with Gasteiger partial charge in [0, 0.05) is 36.8 Å². The molecule has 0 aliphatic rings. The summed E-state index contributed by atoms with van der Waals surface area (Å²) < 4.78 is 0. The lowest BCUT2D eigenvalue weighted by molar-refractivity contribution is 0.0755. The highest BCUT2D eigenvalue weighted by Crippen LogP contribution is 2.13. The second-order valence-electron chi connectivity index (χ2n) is 10.2. The van der Waals surface area contributed by atoms with Crippen molar-refractivity contribution >= 4 is 11.8 Å². The highest BCUT2D eigenvalue weighted by molar-refractivity contribution is 5.99. The quantitative estimate of drug-likeness (QED) is 0.219. The Morgan fingerprint density at radius 3 is 1.95 bits per heavy atom. The van der Waals surface area contributed by atoms with Crippen molar-refractivity contribution in [3.05, 3.63) is 107 Å². The second-order valence-corrected chi connectivity index (χ2v) is 10.2. The first-order chi connectivity index (χ1) is 19.4. The molecule has 40 heavy (non-hydrogen) atoms. The Morgan fingerprint density at radius 2 is 1.38 bits per heavy atom. The highest BCUT2D eigenvalue weighted by atomic mass is 16.3. The number of aliphatic hydroxyl groups excluding tert-OH is 2. The maximum atomic E-state index is 13.4. The molecule has 7 nitrogen and oxygen atoms in total. The number of carbonyl (C=O) groups excluding carboxylic acids is 2. The van der Waals surface area contributed by atoms with Gasteiger partial charge in [-0.1, -0.05) is 80.6 Å². The summed E-state index contributed by atoms with van der Waals surface area (Å²) in [5, 5.41) is 27.3. The fraction of sp³-hybridized carbons (Fsp3) is 0.394. The molecule has 0 aliphatic carbocycles. The summed E-state index contributed by atoms with van der Waals surface area (Å²) in [5.41, 5.74) is 2.91. The van der Waals surface area contributed by atoms with Crippen molar-refractivity contribution in [3.63, 3.8) is 0 Å². The van der Waals surface area contributed by atoms with Gasteiger partial charge in [-0.15, -0.1) is 0 Å². The van der Waals surface area contributed by atoms with E-state index in [0.29, 0.717) is 37.1 Å². The van der Waals surface area contributed by atoms with Crippen LogP contribution >= 0.6 is 0 Å². The van der Waals surface area contributed by atoms with Crippen molar-refractivity contribution in [2.45, 2.75) is 57.7 Å². The molecule has 0 bridgehead atoms. The minimum atomic E-state index is -0.914. The van der Waals surface area contributed by atoms with Crippen LogP contribution in [0, 0.1) is 0 Å². The van der Waals surface area contributed by atoms with Gasteiger partial charge in [0.05, 0.1) is 18.8 Å². The fourth-order valence-electron chi connectivity index (χ4n) is 4.76. The lowest BCUT2D eigenvalue weighted by atomic mass is 9.99. The van der Waals surface area contributed by atoms with E-state index in [-0.39, 0.29) is 31.0 Å². The van der Waals surface area contributed by atoms with E-state index in [1.54, 1.807) is 24.3 Å². The van der Waals surface area contributed by atoms with E-state index in [1.807, 2.05) is 79.4 Å². The molecule has 0 saturated carbocycles. The minimum absolute atomic E-state index is 0.0781. The van der Waals surface area contributed by atoms with Gasteiger partial charge in [-0.2, -0.15) is 0 Å². The number of hydrogen-bond donors (Lipinski definition) is 4. The zero-order chi connectivity index (χ0) is 28.7. The summed E-state index contributed by atoms with van der Waals surface area (Å²) in [4.78, 5) is 28.3. The third kappa shape index (κ3) is 9.59.